The van der Waals surface area contributed by atoms with Crippen LogP contribution >= 0.6 is 24.0 Å². The maximum absolute atomic E-state index is 13.5. The van der Waals surface area contributed by atoms with Gasteiger partial charge in [-0.2, -0.15) is 0 Å². The fourth-order valence-electron chi connectivity index (χ4n) is 4.49. The number of pyridine rings is 1. The number of carbonyl (C=O) groups excluding carboxylic acids is 1. The number of anilines is 1. The van der Waals surface area contributed by atoms with Crippen molar-refractivity contribution in [2.24, 2.45) is 0 Å². The molecule has 0 aliphatic carbocycles. The summed E-state index contributed by atoms with van der Waals surface area (Å²) in [5.41, 5.74) is 0.713. The summed E-state index contributed by atoms with van der Waals surface area (Å²) in [4.78, 5) is 35.5. The number of carbonyl (C=O) groups is 1. The van der Waals surface area contributed by atoms with Gasteiger partial charge in [0.2, 0.25) is 0 Å². The molecule has 0 saturated carbocycles. The number of ether oxygens (including phenoxy) is 3. The molecule has 0 aromatic carbocycles. The largest absolute Gasteiger partial charge is 0.385 e. The molecule has 11 heteroatoms. The standard InChI is InChI=1S/C23H26N4O5S2/c1-30-12-4-9-27-21(29)17(34-22(27)33)15-16-19(24-18-5-2-3-8-26(18)20(16)28)25-10-6-23(7-11-25)31-13-14-32-23/h2-3,5,8,15H,4,6-7,9-14H2,1H3. The topological polar surface area (TPSA) is 85.6 Å². The normalized spacial score (nSPS) is 21.5. The molecule has 0 radical (unpaired) electrons. The van der Waals surface area contributed by atoms with E-state index in [2.05, 4.69) is 4.90 Å². The fraction of sp³-hybridized carbons (Fsp3) is 0.478. The zero-order chi connectivity index (χ0) is 23.7. The van der Waals surface area contributed by atoms with E-state index < -0.39 is 5.79 Å². The number of thioether (sulfide) groups is 1. The van der Waals surface area contributed by atoms with Crippen molar-refractivity contribution >= 4 is 51.7 Å². The summed E-state index contributed by atoms with van der Waals surface area (Å²) in [6.07, 6.45) is 5.38. The first-order chi connectivity index (χ1) is 16.5. The van der Waals surface area contributed by atoms with Crippen LogP contribution in [0.2, 0.25) is 0 Å². The van der Waals surface area contributed by atoms with Gasteiger partial charge in [-0.1, -0.05) is 30.0 Å². The van der Waals surface area contributed by atoms with E-state index in [1.54, 1.807) is 36.4 Å². The van der Waals surface area contributed by atoms with Crippen molar-refractivity contribution in [2.45, 2.75) is 25.0 Å². The van der Waals surface area contributed by atoms with E-state index in [4.69, 9.17) is 31.4 Å². The van der Waals surface area contributed by atoms with Crippen LogP contribution in [-0.2, 0) is 19.0 Å². The van der Waals surface area contributed by atoms with E-state index in [-0.39, 0.29) is 11.5 Å². The Bertz CT molecular complexity index is 1200. The average Bonchev–Trinajstić information content (AvgIpc) is 3.41. The first-order valence-corrected chi connectivity index (χ1v) is 12.5. The summed E-state index contributed by atoms with van der Waals surface area (Å²) in [7, 11) is 1.62. The minimum atomic E-state index is -0.535. The molecule has 0 bridgehead atoms. The molecule has 3 aliphatic heterocycles. The van der Waals surface area contributed by atoms with Crippen LogP contribution in [0.3, 0.4) is 0 Å². The van der Waals surface area contributed by atoms with Crippen LogP contribution < -0.4 is 10.5 Å². The van der Waals surface area contributed by atoms with Crippen molar-refractivity contribution in [2.75, 3.05) is 51.5 Å². The summed E-state index contributed by atoms with van der Waals surface area (Å²) in [5, 5.41) is 0. The van der Waals surface area contributed by atoms with Gasteiger partial charge in [0.25, 0.3) is 11.5 Å². The lowest BCUT2D eigenvalue weighted by molar-refractivity contribution is -0.169. The van der Waals surface area contributed by atoms with Gasteiger partial charge in [0.15, 0.2) is 5.79 Å². The molecular formula is C23H26N4O5S2. The lowest BCUT2D eigenvalue weighted by atomic mass is 10.0. The highest BCUT2D eigenvalue weighted by atomic mass is 32.2. The third kappa shape index (κ3) is 4.38. The van der Waals surface area contributed by atoms with Gasteiger partial charge in [-0.25, -0.2) is 4.98 Å². The van der Waals surface area contributed by atoms with Crippen LogP contribution in [0.15, 0.2) is 34.1 Å². The zero-order valence-corrected chi connectivity index (χ0v) is 20.5. The van der Waals surface area contributed by atoms with Crippen molar-refractivity contribution in [3.63, 3.8) is 0 Å². The Kier molecular flexibility index (Phi) is 6.72. The minimum Gasteiger partial charge on any atom is -0.385 e. The Hall–Kier alpha value is -2.31. The summed E-state index contributed by atoms with van der Waals surface area (Å²) in [5.74, 6) is -0.165. The number of hydrogen-bond donors (Lipinski definition) is 0. The van der Waals surface area contributed by atoms with Crippen LogP contribution in [0.25, 0.3) is 11.7 Å². The quantitative estimate of drug-likeness (QED) is 0.335. The Morgan fingerprint density at radius 1 is 1.24 bits per heavy atom. The van der Waals surface area contributed by atoms with Gasteiger partial charge in [0, 0.05) is 52.4 Å². The van der Waals surface area contributed by atoms with Gasteiger partial charge >= 0.3 is 0 Å². The number of amides is 1. The Labute approximate surface area is 206 Å². The van der Waals surface area contributed by atoms with Gasteiger partial charge in [0.05, 0.1) is 23.7 Å². The number of thiocarbonyl (C=S) groups is 1. The molecule has 0 atom stereocenters. The van der Waals surface area contributed by atoms with Crippen molar-refractivity contribution in [3.8, 4) is 0 Å². The summed E-state index contributed by atoms with van der Waals surface area (Å²) in [6.45, 7) is 3.49. The predicted octanol–water partition coefficient (Wildman–Crippen LogP) is 2.28. The predicted molar refractivity (Wildman–Crippen MR) is 134 cm³/mol. The molecule has 2 aromatic heterocycles. The van der Waals surface area contributed by atoms with E-state index in [1.807, 2.05) is 6.07 Å². The summed E-state index contributed by atoms with van der Waals surface area (Å²) < 4.78 is 18.8. The van der Waals surface area contributed by atoms with Gasteiger partial charge in [-0.3, -0.25) is 18.9 Å². The number of fused-ring (bicyclic) bond motifs is 1. The van der Waals surface area contributed by atoms with Crippen LogP contribution in [0.4, 0.5) is 5.82 Å². The molecule has 1 amide bonds. The highest BCUT2D eigenvalue weighted by Crippen LogP contribution is 2.36. The third-order valence-electron chi connectivity index (χ3n) is 6.27. The van der Waals surface area contributed by atoms with Crippen molar-refractivity contribution < 1.29 is 19.0 Å². The maximum Gasteiger partial charge on any atom is 0.267 e. The molecule has 3 aliphatic rings. The minimum absolute atomic E-state index is 0.194. The molecule has 3 fully saturated rings. The van der Waals surface area contributed by atoms with Crippen molar-refractivity contribution in [3.05, 3.63) is 45.2 Å². The van der Waals surface area contributed by atoms with Gasteiger partial charge < -0.3 is 19.1 Å². The van der Waals surface area contributed by atoms with E-state index in [1.165, 1.54) is 16.2 Å². The molecule has 5 heterocycles. The van der Waals surface area contributed by atoms with Crippen LogP contribution in [-0.4, -0.2) is 76.9 Å². The Morgan fingerprint density at radius 2 is 2.00 bits per heavy atom. The lowest BCUT2D eigenvalue weighted by Crippen LogP contribution is -2.46. The molecule has 5 rings (SSSR count). The third-order valence-corrected chi connectivity index (χ3v) is 7.64. The van der Waals surface area contributed by atoms with E-state index in [0.717, 1.165) is 0 Å². The van der Waals surface area contributed by atoms with Crippen LogP contribution in [0.5, 0.6) is 0 Å². The molecule has 9 nitrogen and oxygen atoms in total. The second-order valence-corrected chi connectivity index (χ2v) is 10.0. The summed E-state index contributed by atoms with van der Waals surface area (Å²) >= 11 is 6.65. The highest BCUT2D eigenvalue weighted by molar-refractivity contribution is 8.26. The number of aromatic nitrogens is 2. The highest BCUT2D eigenvalue weighted by Gasteiger charge is 2.41. The zero-order valence-electron chi connectivity index (χ0n) is 18.9. The van der Waals surface area contributed by atoms with E-state index in [0.29, 0.717) is 85.0 Å². The Morgan fingerprint density at radius 3 is 2.74 bits per heavy atom. The van der Waals surface area contributed by atoms with Crippen LogP contribution in [0, 0.1) is 0 Å². The number of piperidine rings is 1. The molecular weight excluding hydrogens is 476 g/mol. The molecule has 1 spiro atoms. The molecule has 180 valence electrons. The molecule has 0 N–H and O–H groups in total. The van der Waals surface area contributed by atoms with Gasteiger partial charge in [-0.15, -0.1) is 0 Å². The SMILES string of the molecule is COCCCN1C(=O)C(=Cc2c(N3CCC4(CC3)OCCO4)nc3ccccn3c2=O)SC1=S. The lowest BCUT2D eigenvalue weighted by Gasteiger charge is -2.38. The Balaban J connectivity index is 1.50. The number of nitrogens with zero attached hydrogens (tertiary/aromatic N) is 4. The van der Waals surface area contributed by atoms with Crippen molar-refractivity contribution in [1.82, 2.24) is 14.3 Å². The number of rotatable bonds is 6. The van der Waals surface area contributed by atoms with Crippen LogP contribution in [0.1, 0.15) is 24.8 Å². The number of hydrogen-bond acceptors (Lipinski definition) is 9. The summed E-state index contributed by atoms with van der Waals surface area (Å²) in [6, 6.07) is 5.44. The maximum atomic E-state index is 13.5. The molecule has 2 aromatic rings. The van der Waals surface area contributed by atoms with E-state index in [9.17, 15) is 9.59 Å². The molecule has 3 saturated heterocycles. The molecule has 0 unspecified atom stereocenters. The van der Waals surface area contributed by atoms with E-state index >= 15 is 0 Å². The smallest absolute Gasteiger partial charge is 0.267 e. The first kappa shape index (κ1) is 23.4. The fourth-order valence-corrected chi connectivity index (χ4v) is 5.78. The molecule has 34 heavy (non-hydrogen) atoms. The monoisotopic (exact) mass is 502 g/mol. The first-order valence-electron chi connectivity index (χ1n) is 11.3. The van der Waals surface area contributed by atoms with Gasteiger partial charge in [0.1, 0.15) is 15.8 Å². The second-order valence-electron chi connectivity index (χ2n) is 8.36. The van der Waals surface area contributed by atoms with Crippen molar-refractivity contribution in [1.29, 1.82) is 0 Å². The number of methoxy groups -OCH3 is 1. The average molecular weight is 503 g/mol. The second kappa shape index (κ2) is 9.74. The van der Waals surface area contributed by atoms with Gasteiger partial charge in [-0.05, 0) is 24.6 Å².